The summed E-state index contributed by atoms with van der Waals surface area (Å²) in [6.45, 7) is 7.76. The number of benzene rings is 1. The number of nitrogens with zero attached hydrogens (tertiary/aromatic N) is 1. The van der Waals surface area contributed by atoms with Gasteiger partial charge < -0.3 is 20.1 Å². The second-order valence-corrected chi connectivity index (χ2v) is 7.42. The lowest BCUT2D eigenvalue weighted by Crippen LogP contribution is -2.43. The molecule has 1 aliphatic rings. The van der Waals surface area contributed by atoms with Crippen LogP contribution in [0.3, 0.4) is 0 Å². The van der Waals surface area contributed by atoms with Crippen molar-refractivity contribution < 1.29 is 14.3 Å². The first-order chi connectivity index (χ1) is 11.3. The van der Waals surface area contributed by atoms with Crippen LogP contribution in [0.15, 0.2) is 24.3 Å². The SMILES string of the molecule is COc1ccc(C(CN)C2CCN(C(=O)OC(C)(C)C)CC2)cc1. The molecule has 1 aromatic carbocycles. The minimum Gasteiger partial charge on any atom is -0.497 e. The summed E-state index contributed by atoms with van der Waals surface area (Å²) in [6.07, 6.45) is 1.69. The van der Waals surface area contributed by atoms with Crippen LogP contribution >= 0.6 is 0 Å². The van der Waals surface area contributed by atoms with Gasteiger partial charge >= 0.3 is 6.09 Å². The number of amides is 1. The Hall–Kier alpha value is -1.75. The van der Waals surface area contributed by atoms with Crippen LogP contribution in [0.1, 0.15) is 45.1 Å². The standard InChI is InChI=1S/C19H30N2O3/c1-19(2,3)24-18(22)21-11-9-15(10-12-21)17(13-20)14-5-7-16(23-4)8-6-14/h5-8,15,17H,9-13,20H2,1-4H3. The quantitative estimate of drug-likeness (QED) is 0.917. The molecule has 24 heavy (non-hydrogen) atoms. The van der Waals surface area contributed by atoms with Crippen LogP contribution in [0.25, 0.3) is 0 Å². The molecular formula is C19H30N2O3. The minimum absolute atomic E-state index is 0.213. The number of piperidine rings is 1. The van der Waals surface area contributed by atoms with E-state index in [-0.39, 0.29) is 6.09 Å². The van der Waals surface area contributed by atoms with Gasteiger partial charge in [0, 0.05) is 13.1 Å². The minimum atomic E-state index is -0.448. The largest absolute Gasteiger partial charge is 0.497 e. The van der Waals surface area contributed by atoms with Crippen molar-refractivity contribution in [2.45, 2.75) is 45.1 Å². The van der Waals surface area contributed by atoms with E-state index in [0.717, 1.165) is 31.7 Å². The van der Waals surface area contributed by atoms with Gasteiger partial charge in [-0.1, -0.05) is 12.1 Å². The maximum atomic E-state index is 12.2. The van der Waals surface area contributed by atoms with E-state index in [4.69, 9.17) is 15.2 Å². The molecule has 5 nitrogen and oxygen atoms in total. The fourth-order valence-corrected chi connectivity index (χ4v) is 3.26. The summed E-state index contributed by atoms with van der Waals surface area (Å²) in [4.78, 5) is 14.0. The number of carbonyl (C=O) groups excluding carboxylic acids is 1. The normalized spacial score (nSPS) is 17.5. The van der Waals surface area contributed by atoms with Gasteiger partial charge in [0.25, 0.3) is 0 Å². The Morgan fingerprint density at radius 2 is 1.83 bits per heavy atom. The first kappa shape index (κ1) is 18.6. The van der Waals surface area contributed by atoms with Gasteiger partial charge in [-0.2, -0.15) is 0 Å². The smallest absolute Gasteiger partial charge is 0.410 e. The molecule has 1 aromatic rings. The zero-order chi connectivity index (χ0) is 17.7. The molecule has 1 amide bonds. The highest BCUT2D eigenvalue weighted by Crippen LogP contribution is 2.33. The van der Waals surface area contributed by atoms with E-state index >= 15 is 0 Å². The van der Waals surface area contributed by atoms with E-state index in [1.807, 2.05) is 37.8 Å². The third kappa shape index (κ3) is 4.87. The molecule has 0 aliphatic carbocycles. The lowest BCUT2D eigenvalue weighted by molar-refractivity contribution is 0.0175. The highest BCUT2D eigenvalue weighted by atomic mass is 16.6. The van der Waals surface area contributed by atoms with E-state index in [9.17, 15) is 4.79 Å². The van der Waals surface area contributed by atoms with Crippen LogP contribution in [-0.2, 0) is 4.74 Å². The van der Waals surface area contributed by atoms with Crippen LogP contribution < -0.4 is 10.5 Å². The molecule has 1 fully saturated rings. The van der Waals surface area contributed by atoms with Crippen LogP contribution in [-0.4, -0.2) is 43.3 Å². The number of ether oxygens (including phenoxy) is 2. The molecule has 2 N–H and O–H groups in total. The number of rotatable bonds is 4. The molecule has 1 unspecified atom stereocenters. The Kier molecular flexibility index (Phi) is 6.10. The summed E-state index contributed by atoms with van der Waals surface area (Å²) in [5.74, 6) is 1.66. The summed E-state index contributed by atoms with van der Waals surface area (Å²) < 4.78 is 10.7. The highest BCUT2D eigenvalue weighted by Gasteiger charge is 2.30. The van der Waals surface area contributed by atoms with E-state index < -0.39 is 5.60 Å². The van der Waals surface area contributed by atoms with Crippen LogP contribution in [0.5, 0.6) is 5.75 Å². The molecule has 1 aliphatic heterocycles. The second-order valence-electron chi connectivity index (χ2n) is 7.42. The van der Waals surface area contributed by atoms with E-state index in [0.29, 0.717) is 18.4 Å². The molecule has 5 heteroatoms. The van der Waals surface area contributed by atoms with Crippen LogP contribution in [0.2, 0.25) is 0 Å². The highest BCUT2D eigenvalue weighted by molar-refractivity contribution is 5.68. The van der Waals surface area contributed by atoms with E-state index in [2.05, 4.69) is 12.1 Å². The summed E-state index contributed by atoms with van der Waals surface area (Å²) >= 11 is 0. The van der Waals surface area contributed by atoms with Gasteiger partial charge in [-0.15, -0.1) is 0 Å². The Bertz CT molecular complexity index is 529. The topological polar surface area (TPSA) is 64.8 Å². The first-order valence-corrected chi connectivity index (χ1v) is 8.66. The fourth-order valence-electron chi connectivity index (χ4n) is 3.26. The van der Waals surface area contributed by atoms with Gasteiger partial charge in [0.15, 0.2) is 0 Å². The first-order valence-electron chi connectivity index (χ1n) is 8.66. The summed E-state index contributed by atoms with van der Waals surface area (Å²) in [6, 6.07) is 8.15. The van der Waals surface area contributed by atoms with Gasteiger partial charge in [-0.3, -0.25) is 0 Å². The van der Waals surface area contributed by atoms with Crippen molar-refractivity contribution in [1.29, 1.82) is 0 Å². The molecule has 2 rings (SSSR count). The third-order valence-electron chi connectivity index (χ3n) is 4.56. The molecule has 0 spiro atoms. The molecule has 0 bridgehead atoms. The van der Waals surface area contributed by atoms with Crippen LogP contribution in [0, 0.1) is 5.92 Å². The van der Waals surface area contributed by atoms with Crippen molar-refractivity contribution in [3.8, 4) is 5.75 Å². The average Bonchev–Trinajstić information content (AvgIpc) is 2.55. The number of hydrogen-bond acceptors (Lipinski definition) is 4. The van der Waals surface area contributed by atoms with Gasteiger partial charge in [-0.05, 0) is 69.7 Å². The Morgan fingerprint density at radius 3 is 2.29 bits per heavy atom. The maximum Gasteiger partial charge on any atom is 0.410 e. The number of hydrogen-bond donors (Lipinski definition) is 1. The summed E-state index contributed by atoms with van der Waals surface area (Å²) in [7, 11) is 1.67. The van der Waals surface area contributed by atoms with Crippen LogP contribution in [0.4, 0.5) is 4.79 Å². The summed E-state index contributed by atoms with van der Waals surface area (Å²) in [5.41, 5.74) is 6.84. The zero-order valence-corrected chi connectivity index (χ0v) is 15.2. The molecule has 1 saturated heterocycles. The van der Waals surface area contributed by atoms with Crippen molar-refractivity contribution in [3.63, 3.8) is 0 Å². The zero-order valence-electron chi connectivity index (χ0n) is 15.2. The molecule has 1 atom stereocenters. The monoisotopic (exact) mass is 334 g/mol. The second kappa shape index (κ2) is 7.88. The maximum absolute atomic E-state index is 12.2. The van der Waals surface area contributed by atoms with Gasteiger partial charge in [-0.25, -0.2) is 4.79 Å². The Labute approximate surface area is 145 Å². The fraction of sp³-hybridized carbons (Fsp3) is 0.632. The van der Waals surface area contributed by atoms with Crippen molar-refractivity contribution in [2.24, 2.45) is 11.7 Å². The lowest BCUT2D eigenvalue weighted by atomic mass is 9.80. The van der Waals surface area contributed by atoms with Crippen molar-refractivity contribution >= 4 is 6.09 Å². The van der Waals surface area contributed by atoms with E-state index in [1.165, 1.54) is 5.56 Å². The predicted molar refractivity (Wildman–Crippen MR) is 95.3 cm³/mol. The Balaban J connectivity index is 1.95. The lowest BCUT2D eigenvalue weighted by Gasteiger charge is -2.36. The number of likely N-dealkylation sites (tertiary alicyclic amines) is 1. The van der Waals surface area contributed by atoms with Crippen molar-refractivity contribution in [1.82, 2.24) is 4.90 Å². The number of nitrogens with two attached hydrogens (primary N) is 1. The molecule has 0 aromatic heterocycles. The van der Waals surface area contributed by atoms with Gasteiger partial charge in [0.2, 0.25) is 0 Å². The molecule has 1 heterocycles. The number of methoxy groups -OCH3 is 1. The molecule has 134 valence electrons. The predicted octanol–water partition coefficient (Wildman–Crippen LogP) is 3.38. The van der Waals surface area contributed by atoms with Gasteiger partial charge in [0.1, 0.15) is 11.4 Å². The third-order valence-corrected chi connectivity index (χ3v) is 4.56. The van der Waals surface area contributed by atoms with E-state index in [1.54, 1.807) is 7.11 Å². The summed E-state index contributed by atoms with van der Waals surface area (Å²) in [5, 5.41) is 0. The molecule has 0 radical (unpaired) electrons. The Morgan fingerprint density at radius 1 is 1.25 bits per heavy atom. The van der Waals surface area contributed by atoms with Gasteiger partial charge in [0.05, 0.1) is 7.11 Å². The van der Waals surface area contributed by atoms with Crippen molar-refractivity contribution in [2.75, 3.05) is 26.7 Å². The average molecular weight is 334 g/mol. The van der Waals surface area contributed by atoms with Crippen molar-refractivity contribution in [3.05, 3.63) is 29.8 Å². The molecular weight excluding hydrogens is 304 g/mol. The number of carbonyl (C=O) groups is 1. The molecule has 0 saturated carbocycles.